The van der Waals surface area contributed by atoms with Crippen LogP contribution in [0.2, 0.25) is 0 Å². The fourth-order valence-corrected chi connectivity index (χ4v) is 7.01. The third-order valence-corrected chi connectivity index (χ3v) is 9.96. The van der Waals surface area contributed by atoms with Crippen LogP contribution in [0.4, 0.5) is 33.5 Å². The Balaban J connectivity index is 1.05. The number of para-hydroxylation sites is 1. The van der Waals surface area contributed by atoms with Crippen molar-refractivity contribution in [3.8, 4) is 11.1 Å². The van der Waals surface area contributed by atoms with Crippen molar-refractivity contribution in [2.75, 3.05) is 48.1 Å². The molecular formula is C36H41N11O4. The lowest BCUT2D eigenvalue weighted by Crippen LogP contribution is -2.48. The first kappa shape index (κ1) is 32.6. The van der Waals surface area contributed by atoms with Crippen molar-refractivity contribution in [2.24, 2.45) is 5.92 Å². The molecule has 3 amide bonds. The fraction of sp³-hybridized carbons (Fsp3) is 0.417. The van der Waals surface area contributed by atoms with Gasteiger partial charge >= 0.3 is 6.09 Å². The number of aromatic nitrogens is 5. The van der Waals surface area contributed by atoms with Gasteiger partial charge < -0.3 is 25.6 Å². The summed E-state index contributed by atoms with van der Waals surface area (Å²) in [5.74, 6) is 0.396. The highest BCUT2D eigenvalue weighted by Gasteiger charge is 2.38. The van der Waals surface area contributed by atoms with Gasteiger partial charge in [-0.25, -0.2) is 9.78 Å². The highest BCUT2D eigenvalue weighted by molar-refractivity contribution is 6.01. The standard InChI is InChI=1S/C36H41N11O4/c1-4-28-33-25(16-37-47(33)23-18-46(19-23)17-22-7-5-10-29(38-22)42-36(50)51-3)24-8-6-9-26(32(24)45(28)2)40-27-15-30(41-34(48)20-11-12-20)43-44-31(27)35(49)39-21-13-14-21/h5-10,15-16,20-21,23,28H,4,11-14,17-19H2,1-3H3,(H,39,49)(H,38,42,50)(H2,40,41,43,48)/t28-/m0/s1. The molecule has 1 saturated heterocycles. The first-order valence-electron chi connectivity index (χ1n) is 17.5. The number of anilines is 5. The third-order valence-electron chi connectivity index (χ3n) is 9.96. The van der Waals surface area contributed by atoms with Gasteiger partial charge in [-0.15, -0.1) is 10.2 Å². The van der Waals surface area contributed by atoms with Gasteiger partial charge in [0.25, 0.3) is 5.91 Å². The van der Waals surface area contributed by atoms with Gasteiger partial charge in [0.05, 0.1) is 53.8 Å². The van der Waals surface area contributed by atoms with Crippen LogP contribution in [0.3, 0.4) is 0 Å². The summed E-state index contributed by atoms with van der Waals surface area (Å²) in [5.41, 5.74) is 6.62. The first-order valence-corrected chi connectivity index (χ1v) is 17.5. The van der Waals surface area contributed by atoms with Gasteiger partial charge in [-0.3, -0.25) is 24.5 Å². The smallest absolute Gasteiger partial charge is 0.412 e. The number of pyridine rings is 1. The summed E-state index contributed by atoms with van der Waals surface area (Å²) in [6.45, 7) is 4.47. The largest absolute Gasteiger partial charge is 0.453 e. The van der Waals surface area contributed by atoms with Crippen molar-refractivity contribution in [3.05, 3.63) is 65.7 Å². The second-order valence-corrected chi connectivity index (χ2v) is 13.7. The number of nitrogens with zero attached hydrogens (tertiary/aromatic N) is 7. The average Bonchev–Trinajstić information content (AvgIpc) is 4.05. The van der Waals surface area contributed by atoms with E-state index in [9.17, 15) is 14.4 Å². The summed E-state index contributed by atoms with van der Waals surface area (Å²) >= 11 is 0. The van der Waals surface area contributed by atoms with Crippen molar-refractivity contribution in [2.45, 2.75) is 63.7 Å². The molecule has 3 fully saturated rings. The van der Waals surface area contributed by atoms with Crippen molar-refractivity contribution >= 4 is 46.6 Å². The lowest BCUT2D eigenvalue weighted by molar-refractivity contribution is -0.117. The molecule has 0 unspecified atom stereocenters. The summed E-state index contributed by atoms with van der Waals surface area (Å²) < 4.78 is 6.87. The first-order chi connectivity index (χ1) is 24.8. The summed E-state index contributed by atoms with van der Waals surface area (Å²) in [6, 6.07) is 13.8. The molecule has 8 rings (SSSR count). The molecule has 4 aromatic rings. The number of benzene rings is 1. The van der Waals surface area contributed by atoms with Gasteiger partial charge in [-0.2, -0.15) is 5.10 Å². The Labute approximate surface area is 295 Å². The predicted octanol–water partition coefficient (Wildman–Crippen LogP) is 4.86. The van der Waals surface area contributed by atoms with Gasteiger partial charge in [-0.05, 0) is 50.3 Å². The number of hydrogen-bond donors (Lipinski definition) is 4. The van der Waals surface area contributed by atoms with Gasteiger partial charge in [0.2, 0.25) is 5.91 Å². The summed E-state index contributed by atoms with van der Waals surface area (Å²) in [6.07, 6.45) is 5.90. The van der Waals surface area contributed by atoms with Crippen LogP contribution >= 0.6 is 0 Å². The lowest BCUT2D eigenvalue weighted by atomic mass is 9.91. The fourth-order valence-electron chi connectivity index (χ4n) is 7.01. The number of likely N-dealkylation sites (tertiary alicyclic amines) is 1. The Hall–Kier alpha value is -5.57. The van der Waals surface area contributed by atoms with Crippen molar-refractivity contribution in [1.82, 2.24) is 35.2 Å². The van der Waals surface area contributed by atoms with E-state index in [0.29, 0.717) is 23.9 Å². The Morgan fingerprint density at radius 1 is 0.941 bits per heavy atom. The van der Waals surface area contributed by atoms with E-state index < -0.39 is 6.09 Å². The number of amides is 3. The number of methoxy groups -OCH3 is 1. The Morgan fingerprint density at radius 2 is 1.75 bits per heavy atom. The van der Waals surface area contributed by atoms with Crippen LogP contribution < -0.4 is 26.2 Å². The normalized spacial score (nSPS) is 18.3. The predicted molar refractivity (Wildman–Crippen MR) is 191 cm³/mol. The molecule has 264 valence electrons. The quantitative estimate of drug-likeness (QED) is 0.169. The third kappa shape index (κ3) is 6.56. The number of carbonyl (C=O) groups excluding carboxylic acids is 3. The molecule has 1 atom stereocenters. The molecule has 2 aliphatic carbocycles. The molecule has 0 spiro atoms. The number of fused-ring (bicyclic) bond motifs is 3. The number of rotatable bonds is 11. The maximum atomic E-state index is 13.3. The van der Waals surface area contributed by atoms with E-state index in [0.717, 1.165) is 73.4 Å². The van der Waals surface area contributed by atoms with Crippen LogP contribution in [0.5, 0.6) is 0 Å². The van der Waals surface area contributed by atoms with Crippen molar-refractivity contribution < 1.29 is 19.1 Å². The minimum absolute atomic E-state index is 0.00543. The molecule has 1 aromatic carbocycles. The SMILES string of the molecule is CC[C@H]1c2c(cnn2C2CN(Cc3cccc(NC(=O)OC)n3)C2)-c2cccc(Nc3cc(NC(=O)C4CC4)nnc3C(=O)NC3CC3)c2N1C. The highest BCUT2D eigenvalue weighted by Crippen LogP contribution is 2.50. The molecule has 2 aliphatic heterocycles. The topological polar surface area (TPSA) is 172 Å². The molecule has 4 aliphatic rings. The minimum atomic E-state index is -0.550. The van der Waals surface area contributed by atoms with Crippen LogP contribution in [0, 0.1) is 5.92 Å². The average molecular weight is 692 g/mol. The molecule has 0 radical (unpaired) electrons. The Kier molecular flexibility index (Phi) is 8.50. The van der Waals surface area contributed by atoms with E-state index in [-0.39, 0.29) is 41.6 Å². The van der Waals surface area contributed by atoms with Gasteiger partial charge in [0.15, 0.2) is 11.5 Å². The molecule has 15 nitrogen and oxygen atoms in total. The molecule has 15 heteroatoms. The second-order valence-electron chi connectivity index (χ2n) is 13.7. The number of carbonyl (C=O) groups is 3. The van der Waals surface area contributed by atoms with E-state index in [4.69, 9.17) is 9.84 Å². The van der Waals surface area contributed by atoms with Crippen molar-refractivity contribution in [3.63, 3.8) is 0 Å². The van der Waals surface area contributed by atoms with Crippen LogP contribution in [0.15, 0.2) is 48.7 Å². The zero-order valence-corrected chi connectivity index (χ0v) is 28.8. The number of hydrogen-bond acceptors (Lipinski definition) is 11. The molecule has 51 heavy (non-hydrogen) atoms. The van der Waals surface area contributed by atoms with Gasteiger partial charge in [0.1, 0.15) is 5.82 Å². The molecular weight excluding hydrogens is 650 g/mol. The number of ether oxygens (including phenoxy) is 1. The molecule has 0 bridgehead atoms. The van der Waals surface area contributed by atoms with Gasteiger partial charge in [-0.1, -0.05) is 25.1 Å². The zero-order chi connectivity index (χ0) is 35.2. The number of nitrogens with one attached hydrogen (secondary N) is 4. The zero-order valence-electron chi connectivity index (χ0n) is 28.8. The maximum absolute atomic E-state index is 13.3. The van der Waals surface area contributed by atoms with Crippen LogP contribution in [0.25, 0.3) is 11.1 Å². The van der Waals surface area contributed by atoms with E-state index in [1.54, 1.807) is 12.1 Å². The minimum Gasteiger partial charge on any atom is -0.453 e. The summed E-state index contributed by atoms with van der Waals surface area (Å²) in [5, 5.41) is 25.4. The lowest BCUT2D eigenvalue weighted by Gasteiger charge is -2.43. The van der Waals surface area contributed by atoms with E-state index in [2.05, 4.69) is 71.0 Å². The Bertz CT molecular complexity index is 2000. The van der Waals surface area contributed by atoms with Gasteiger partial charge in [0, 0.05) is 55.8 Å². The van der Waals surface area contributed by atoms with E-state index in [1.807, 2.05) is 30.5 Å². The van der Waals surface area contributed by atoms with Crippen LogP contribution in [-0.4, -0.2) is 81.1 Å². The van der Waals surface area contributed by atoms with E-state index >= 15 is 0 Å². The highest BCUT2D eigenvalue weighted by atomic mass is 16.5. The van der Waals surface area contributed by atoms with Crippen molar-refractivity contribution in [1.29, 1.82) is 0 Å². The second kappa shape index (κ2) is 13.3. The molecule has 3 aromatic heterocycles. The Morgan fingerprint density at radius 3 is 2.49 bits per heavy atom. The molecule has 5 heterocycles. The summed E-state index contributed by atoms with van der Waals surface area (Å²) in [4.78, 5) is 46.6. The maximum Gasteiger partial charge on any atom is 0.412 e. The van der Waals surface area contributed by atoms with Crippen LogP contribution in [0.1, 0.15) is 73.0 Å². The monoisotopic (exact) mass is 691 g/mol. The molecule has 4 N–H and O–H groups in total. The summed E-state index contributed by atoms with van der Waals surface area (Å²) in [7, 11) is 3.42. The van der Waals surface area contributed by atoms with Crippen LogP contribution in [-0.2, 0) is 16.1 Å². The molecule has 2 saturated carbocycles. The van der Waals surface area contributed by atoms with E-state index in [1.165, 1.54) is 12.8 Å².